The van der Waals surface area contributed by atoms with E-state index in [2.05, 4.69) is 59.9 Å². The van der Waals surface area contributed by atoms with Gasteiger partial charge in [-0.1, -0.05) is 61.5 Å². The fourth-order valence-electron chi connectivity index (χ4n) is 9.87. The first-order chi connectivity index (χ1) is 17.0. The largest absolute Gasteiger partial charge is 0.312 e. The van der Waals surface area contributed by atoms with Gasteiger partial charge in [-0.25, -0.2) is 0 Å². The first-order valence-corrected chi connectivity index (χ1v) is 15.0. The van der Waals surface area contributed by atoms with E-state index in [4.69, 9.17) is 0 Å². The molecule has 1 unspecified atom stereocenters. The highest BCUT2D eigenvalue weighted by Crippen LogP contribution is 2.72. The molecule has 1 N–H and O–H groups in total. The van der Waals surface area contributed by atoms with Crippen molar-refractivity contribution in [3.63, 3.8) is 0 Å². The zero-order valence-electron chi connectivity index (χ0n) is 25.1. The molecule has 4 aliphatic carbocycles. The van der Waals surface area contributed by atoms with Crippen LogP contribution in [0.25, 0.3) is 0 Å². The molecular weight excluding hydrogens is 456 g/mol. The molecule has 0 bridgehead atoms. The number of Topliss-reactive ketones (excluding diaryl/α,β-unsaturated/α-hetero) is 2. The molecule has 0 saturated heterocycles. The highest BCUT2D eigenvalue weighted by atomic mass is 16.1. The minimum Gasteiger partial charge on any atom is -0.312 e. The second kappa shape index (κ2) is 9.04. The van der Waals surface area contributed by atoms with Crippen LogP contribution in [0.1, 0.15) is 120 Å². The van der Waals surface area contributed by atoms with Gasteiger partial charge in [0.05, 0.1) is 5.57 Å². The van der Waals surface area contributed by atoms with E-state index in [1.54, 1.807) is 0 Å². The van der Waals surface area contributed by atoms with Crippen molar-refractivity contribution < 1.29 is 9.59 Å². The van der Waals surface area contributed by atoms with E-state index in [1.807, 2.05) is 19.9 Å². The Bertz CT molecular complexity index is 1030. The highest BCUT2D eigenvalue weighted by Gasteiger charge is 2.68. The summed E-state index contributed by atoms with van der Waals surface area (Å²) in [5.74, 6) is 0.783. The van der Waals surface area contributed by atoms with Gasteiger partial charge in [0.25, 0.3) is 0 Å². The number of hydrogen-bond acceptors (Lipinski definition) is 4. The molecular formula is C33H52N2O2. The van der Waals surface area contributed by atoms with E-state index in [0.717, 1.165) is 51.5 Å². The van der Waals surface area contributed by atoms with Gasteiger partial charge in [0, 0.05) is 23.3 Å². The van der Waals surface area contributed by atoms with Crippen molar-refractivity contribution in [3.8, 4) is 6.07 Å². The molecule has 7 atom stereocenters. The maximum absolute atomic E-state index is 14.2. The lowest BCUT2D eigenvalue weighted by Gasteiger charge is -2.68. The van der Waals surface area contributed by atoms with Gasteiger partial charge in [-0.2, -0.15) is 5.26 Å². The zero-order chi connectivity index (χ0) is 27.7. The second-order valence-corrected chi connectivity index (χ2v) is 15.6. The summed E-state index contributed by atoms with van der Waals surface area (Å²) >= 11 is 0. The molecule has 0 heterocycles. The first-order valence-electron chi connectivity index (χ1n) is 15.0. The molecule has 4 rings (SSSR count). The Kier molecular flexibility index (Phi) is 6.97. The van der Waals surface area contributed by atoms with Gasteiger partial charge in [0.15, 0.2) is 5.78 Å². The summed E-state index contributed by atoms with van der Waals surface area (Å²) in [5, 5.41) is 13.8. The molecule has 37 heavy (non-hydrogen) atoms. The number of nitriles is 1. The fraction of sp³-hybridized carbons (Fsp3) is 0.848. The number of fused-ring (bicyclic) bond motifs is 5. The fourth-order valence-corrected chi connectivity index (χ4v) is 9.87. The van der Waals surface area contributed by atoms with Crippen LogP contribution < -0.4 is 5.32 Å². The minimum absolute atomic E-state index is 0.0189. The van der Waals surface area contributed by atoms with Crippen LogP contribution in [0.15, 0.2) is 11.6 Å². The lowest BCUT2D eigenvalue weighted by molar-refractivity contribution is -0.191. The number of hydrogen-bond donors (Lipinski definition) is 1. The summed E-state index contributed by atoms with van der Waals surface area (Å²) in [7, 11) is 0. The number of carbonyl (C=O) groups excluding carboxylic acids is 2. The van der Waals surface area contributed by atoms with Crippen LogP contribution in [0.4, 0.5) is 0 Å². The number of rotatable bonds is 2. The molecule has 206 valence electrons. The summed E-state index contributed by atoms with van der Waals surface area (Å²) < 4.78 is 0. The smallest absolute Gasteiger partial charge is 0.178 e. The van der Waals surface area contributed by atoms with Crippen molar-refractivity contribution in [2.75, 3.05) is 6.54 Å². The molecule has 0 radical (unpaired) electrons. The predicted molar refractivity (Wildman–Crippen MR) is 150 cm³/mol. The van der Waals surface area contributed by atoms with Crippen molar-refractivity contribution >= 4 is 11.6 Å². The van der Waals surface area contributed by atoms with E-state index in [9.17, 15) is 14.9 Å². The van der Waals surface area contributed by atoms with Crippen molar-refractivity contribution in [2.24, 2.45) is 44.8 Å². The van der Waals surface area contributed by atoms with E-state index >= 15 is 0 Å². The van der Waals surface area contributed by atoms with Crippen LogP contribution in [0, 0.1) is 56.2 Å². The average molecular weight is 509 g/mol. The molecule has 4 nitrogen and oxygen atoms in total. The summed E-state index contributed by atoms with van der Waals surface area (Å²) in [4.78, 5) is 27.5. The van der Waals surface area contributed by atoms with Crippen LogP contribution >= 0.6 is 0 Å². The number of ketones is 2. The van der Waals surface area contributed by atoms with E-state index < -0.39 is 5.41 Å². The van der Waals surface area contributed by atoms with Crippen molar-refractivity contribution in [1.29, 1.82) is 5.26 Å². The third-order valence-corrected chi connectivity index (χ3v) is 12.6. The first kappa shape index (κ1) is 28.5. The molecule has 0 aromatic rings. The lowest BCUT2D eigenvalue weighted by Crippen LogP contribution is -2.65. The molecule has 0 spiro atoms. The van der Waals surface area contributed by atoms with Gasteiger partial charge in [0.1, 0.15) is 11.9 Å². The topological polar surface area (TPSA) is 70.0 Å². The Balaban J connectivity index is 1.84. The summed E-state index contributed by atoms with van der Waals surface area (Å²) in [5.41, 5.74) is -0.468. The summed E-state index contributed by atoms with van der Waals surface area (Å²) in [6.07, 6.45) is 11.1. The zero-order valence-corrected chi connectivity index (χ0v) is 25.1. The van der Waals surface area contributed by atoms with Crippen LogP contribution in [0.5, 0.6) is 0 Å². The molecule has 0 aromatic heterocycles. The van der Waals surface area contributed by atoms with Crippen molar-refractivity contribution in [1.82, 2.24) is 5.32 Å². The van der Waals surface area contributed by atoms with Gasteiger partial charge in [-0.15, -0.1) is 0 Å². The minimum atomic E-state index is -0.583. The molecule has 3 saturated carbocycles. The Morgan fingerprint density at radius 3 is 2.14 bits per heavy atom. The number of nitrogens with zero attached hydrogens (tertiary/aromatic N) is 1. The number of allylic oxidation sites excluding steroid dienone is 2. The predicted octanol–water partition coefficient (Wildman–Crippen LogP) is 7.43. The van der Waals surface area contributed by atoms with Gasteiger partial charge >= 0.3 is 0 Å². The van der Waals surface area contributed by atoms with Gasteiger partial charge in [0.2, 0.25) is 0 Å². The Morgan fingerprint density at radius 2 is 1.51 bits per heavy atom. The van der Waals surface area contributed by atoms with E-state index in [-0.39, 0.29) is 50.7 Å². The third-order valence-electron chi connectivity index (χ3n) is 12.6. The second-order valence-electron chi connectivity index (χ2n) is 15.6. The summed E-state index contributed by atoms with van der Waals surface area (Å²) in [6.45, 7) is 21.6. The summed E-state index contributed by atoms with van der Waals surface area (Å²) in [6, 6.07) is 2.24. The number of nitrogens with one attached hydrogen (secondary N) is 1. The van der Waals surface area contributed by atoms with Gasteiger partial charge < -0.3 is 5.32 Å². The van der Waals surface area contributed by atoms with Crippen molar-refractivity contribution in [2.45, 2.75) is 126 Å². The van der Waals surface area contributed by atoms with Crippen molar-refractivity contribution in [3.05, 3.63) is 11.6 Å². The molecule has 0 aromatic carbocycles. The molecule has 4 heteroatoms. The van der Waals surface area contributed by atoms with Gasteiger partial charge in [-0.3, -0.25) is 9.59 Å². The van der Waals surface area contributed by atoms with Crippen LogP contribution in [-0.4, -0.2) is 23.7 Å². The lowest BCUT2D eigenvalue weighted by atomic mass is 9.35. The molecule has 3 fully saturated rings. The SMILES string of the molecule is CCN[C@@]1(C)CCC(C)(C)CCC2C(=O)C[C@@H]3[C@@]4(C)C=C(C#N)C(=O)C(C)(C)[C@@H]4CC[C@@]3(C)[C@]2(C)CC1. The van der Waals surface area contributed by atoms with Crippen LogP contribution in [-0.2, 0) is 9.59 Å². The Hall–Kier alpha value is -1.47. The van der Waals surface area contributed by atoms with E-state index in [1.165, 1.54) is 6.42 Å². The van der Waals surface area contributed by atoms with Gasteiger partial charge in [-0.05, 0) is 98.3 Å². The monoisotopic (exact) mass is 508 g/mol. The van der Waals surface area contributed by atoms with Crippen LogP contribution in [0.3, 0.4) is 0 Å². The normalized spacial score (nSPS) is 45.5. The Morgan fingerprint density at radius 1 is 0.865 bits per heavy atom. The Labute approximate surface area is 226 Å². The molecule has 0 amide bonds. The maximum Gasteiger partial charge on any atom is 0.178 e. The number of carbonyl (C=O) groups is 2. The third kappa shape index (κ3) is 4.27. The molecule has 4 aliphatic rings. The molecule has 0 aliphatic heterocycles. The maximum atomic E-state index is 14.2. The quantitative estimate of drug-likeness (QED) is 0.421. The van der Waals surface area contributed by atoms with Crippen LogP contribution in [0.2, 0.25) is 0 Å². The average Bonchev–Trinajstić information content (AvgIpc) is 2.80. The highest BCUT2D eigenvalue weighted by molar-refractivity contribution is 6.04. The van der Waals surface area contributed by atoms with E-state index in [0.29, 0.717) is 17.8 Å². The standard InChI is InChI=1S/C33H52N2O2/c1-10-35-30(6)16-15-28(2,3)13-11-23-24(36)19-26-31(7)20-22(21-34)27(37)29(4,5)25(31)12-14-33(26,9)32(23,8)18-17-30/h20,23,25-26,35H,10-19H2,1-9H3/t23?,25-,26+,30-,31-,32+,33+/m0/s1.